The topological polar surface area (TPSA) is 32.7 Å². The fourth-order valence-corrected chi connectivity index (χ4v) is 3.57. The van der Waals surface area contributed by atoms with Gasteiger partial charge in [-0.2, -0.15) is 0 Å². The molecule has 3 rings (SSSR count). The molecule has 0 aliphatic carbocycles. The minimum absolute atomic E-state index is 0.124. The van der Waals surface area contributed by atoms with Gasteiger partial charge in [-0.15, -0.1) is 0 Å². The van der Waals surface area contributed by atoms with Gasteiger partial charge in [0.2, 0.25) is 0 Å². The summed E-state index contributed by atoms with van der Waals surface area (Å²) >= 11 is 5.97. The summed E-state index contributed by atoms with van der Waals surface area (Å²) in [5.41, 5.74) is 0.669. The Bertz CT molecular complexity index is 511. The maximum Gasteiger partial charge on any atom is 0.166 e. The number of ether oxygens (including phenoxy) is 1. The van der Waals surface area contributed by atoms with E-state index in [2.05, 4.69) is 11.8 Å². The van der Waals surface area contributed by atoms with Gasteiger partial charge in [0.05, 0.1) is 6.04 Å². The number of nitrogens with zero attached hydrogens (tertiary/aromatic N) is 1. The maximum absolute atomic E-state index is 14.0. The van der Waals surface area contributed by atoms with Crippen molar-refractivity contribution in [1.82, 2.24) is 4.90 Å². The summed E-state index contributed by atoms with van der Waals surface area (Å²) < 4.78 is 19.4. The van der Waals surface area contributed by atoms with E-state index in [9.17, 15) is 9.50 Å². The van der Waals surface area contributed by atoms with Gasteiger partial charge >= 0.3 is 0 Å². The van der Waals surface area contributed by atoms with Gasteiger partial charge < -0.3 is 9.84 Å². The lowest BCUT2D eigenvalue weighted by Gasteiger charge is -2.44. The summed E-state index contributed by atoms with van der Waals surface area (Å²) in [5, 5.41) is 10.7. The Balaban J connectivity index is 2.02. The second-order valence-electron chi connectivity index (χ2n) is 5.71. The lowest BCUT2D eigenvalue weighted by atomic mass is 9.92. The van der Waals surface area contributed by atoms with Crippen molar-refractivity contribution in [3.05, 3.63) is 28.5 Å². The SMILES string of the molecule is CC1CCCCN1C1c2cc(Cl)cc(F)c2OCC1O. The van der Waals surface area contributed by atoms with Crippen LogP contribution in [0.15, 0.2) is 12.1 Å². The third kappa shape index (κ3) is 2.41. The highest BCUT2D eigenvalue weighted by molar-refractivity contribution is 6.30. The molecule has 1 fully saturated rings. The van der Waals surface area contributed by atoms with Gasteiger partial charge in [0, 0.05) is 16.6 Å². The van der Waals surface area contributed by atoms with Crippen LogP contribution in [0.25, 0.3) is 0 Å². The van der Waals surface area contributed by atoms with Crippen molar-refractivity contribution in [3.63, 3.8) is 0 Å². The number of hydrogen-bond acceptors (Lipinski definition) is 3. The summed E-state index contributed by atoms with van der Waals surface area (Å²) in [6.07, 6.45) is 2.75. The number of aliphatic hydroxyl groups is 1. The molecule has 1 saturated heterocycles. The summed E-state index contributed by atoms with van der Waals surface area (Å²) in [5.74, 6) is -0.212. The average molecular weight is 300 g/mol. The minimum Gasteiger partial charge on any atom is -0.487 e. The first-order valence-corrected chi connectivity index (χ1v) is 7.51. The zero-order valence-corrected chi connectivity index (χ0v) is 12.2. The van der Waals surface area contributed by atoms with E-state index in [0.29, 0.717) is 16.6 Å². The molecule has 3 nitrogen and oxygen atoms in total. The number of hydrogen-bond donors (Lipinski definition) is 1. The molecular formula is C15H19ClFNO2. The van der Waals surface area contributed by atoms with E-state index in [1.165, 1.54) is 12.5 Å². The van der Waals surface area contributed by atoms with Crippen molar-refractivity contribution in [2.75, 3.05) is 13.2 Å². The van der Waals surface area contributed by atoms with Crippen molar-refractivity contribution < 1.29 is 14.2 Å². The number of rotatable bonds is 1. The second-order valence-corrected chi connectivity index (χ2v) is 6.15. The highest BCUT2D eigenvalue weighted by Gasteiger charge is 2.38. The predicted molar refractivity (Wildman–Crippen MR) is 75.7 cm³/mol. The van der Waals surface area contributed by atoms with E-state index in [1.807, 2.05) is 0 Å². The summed E-state index contributed by atoms with van der Waals surface area (Å²) in [4.78, 5) is 2.26. The molecule has 2 aliphatic heterocycles. The largest absolute Gasteiger partial charge is 0.487 e. The van der Waals surface area contributed by atoms with Crippen LogP contribution in [-0.2, 0) is 0 Å². The highest BCUT2D eigenvalue weighted by atomic mass is 35.5. The number of benzene rings is 1. The predicted octanol–water partition coefficient (Wildman–Crippen LogP) is 3.15. The Kier molecular flexibility index (Phi) is 3.89. The van der Waals surface area contributed by atoms with Crippen molar-refractivity contribution in [1.29, 1.82) is 0 Å². The summed E-state index contributed by atoms with van der Waals surface area (Å²) in [6, 6.07) is 3.11. The van der Waals surface area contributed by atoms with Gasteiger partial charge in [0.1, 0.15) is 12.7 Å². The minimum atomic E-state index is -0.652. The summed E-state index contributed by atoms with van der Waals surface area (Å²) in [6.45, 7) is 3.19. The van der Waals surface area contributed by atoms with E-state index in [4.69, 9.17) is 16.3 Å². The van der Waals surface area contributed by atoms with Crippen LogP contribution in [0, 0.1) is 5.82 Å². The number of halogens is 2. The number of piperidine rings is 1. The van der Waals surface area contributed by atoms with Crippen LogP contribution >= 0.6 is 11.6 Å². The Labute approximate surface area is 123 Å². The van der Waals surface area contributed by atoms with E-state index in [0.717, 1.165) is 19.4 Å². The molecule has 2 aliphatic rings. The van der Waals surface area contributed by atoms with E-state index in [-0.39, 0.29) is 18.4 Å². The number of fused-ring (bicyclic) bond motifs is 1. The maximum atomic E-state index is 14.0. The number of aliphatic hydroxyl groups excluding tert-OH is 1. The van der Waals surface area contributed by atoms with Gasteiger partial charge in [-0.05, 0) is 38.4 Å². The van der Waals surface area contributed by atoms with Gasteiger partial charge in [-0.3, -0.25) is 4.90 Å². The van der Waals surface area contributed by atoms with Crippen LogP contribution < -0.4 is 4.74 Å². The molecule has 0 radical (unpaired) electrons. The standard InChI is InChI=1S/C15H19ClFNO2/c1-9-4-2-3-5-18(9)14-11-6-10(16)7-12(17)15(11)20-8-13(14)19/h6-7,9,13-14,19H,2-5,8H2,1H3. The zero-order valence-electron chi connectivity index (χ0n) is 11.5. The molecule has 1 N–H and O–H groups in total. The van der Waals surface area contributed by atoms with Crippen LogP contribution in [0.3, 0.4) is 0 Å². The molecule has 0 spiro atoms. The van der Waals surface area contributed by atoms with Crippen molar-refractivity contribution in [2.24, 2.45) is 0 Å². The van der Waals surface area contributed by atoms with E-state index in [1.54, 1.807) is 6.07 Å². The smallest absolute Gasteiger partial charge is 0.166 e. The van der Waals surface area contributed by atoms with Crippen molar-refractivity contribution >= 4 is 11.6 Å². The molecule has 2 heterocycles. The molecule has 5 heteroatoms. The van der Waals surface area contributed by atoms with Gasteiger partial charge in [0.25, 0.3) is 0 Å². The first-order chi connectivity index (χ1) is 9.58. The normalized spacial score (nSPS) is 30.7. The molecule has 0 amide bonds. The third-order valence-corrected chi connectivity index (χ3v) is 4.55. The Hall–Kier alpha value is -0.840. The zero-order chi connectivity index (χ0) is 14.3. The lowest BCUT2D eigenvalue weighted by Crippen LogP contribution is -2.48. The van der Waals surface area contributed by atoms with E-state index >= 15 is 0 Å². The first-order valence-electron chi connectivity index (χ1n) is 7.13. The van der Waals surface area contributed by atoms with Crippen molar-refractivity contribution in [3.8, 4) is 5.75 Å². The molecule has 3 atom stereocenters. The third-order valence-electron chi connectivity index (χ3n) is 4.33. The van der Waals surface area contributed by atoms with E-state index < -0.39 is 11.9 Å². The Morgan fingerprint density at radius 1 is 1.40 bits per heavy atom. The molecular weight excluding hydrogens is 281 g/mol. The highest BCUT2D eigenvalue weighted by Crippen LogP contribution is 2.41. The molecule has 0 saturated carbocycles. The van der Waals surface area contributed by atoms with Crippen LogP contribution in [0.5, 0.6) is 5.75 Å². The summed E-state index contributed by atoms with van der Waals surface area (Å²) in [7, 11) is 0. The van der Waals surface area contributed by atoms with Crippen LogP contribution in [-0.4, -0.2) is 35.3 Å². The fraction of sp³-hybridized carbons (Fsp3) is 0.600. The van der Waals surface area contributed by atoms with Gasteiger partial charge in [-0.25, -0.2) is 4.39 Å². The molecule has 1 aromatic carbocycles. The van der Waals surface area contributed by atoms with Gasteiger partial charge in [-0.1, -0.05) is 18.0 Å². The first kappa shape index (κ1) is 14.1. The van der Waals surface area contributed by atoms with Crippen molar-refractivity contribution in [2.45, 2.75) is 44.4 Å². The number of likely N-dealkylation sites (tertiary alicyclic amines) is 1. The molecule has 3 unspecified atom stereocenters. The van der Waals surface area contributed by atoms with Gasteiger partial charge in [0.15, 0.2) is 11.6 Å². The van der Waals surface area contributed by atoms with Crippen LogP contribution in [0.2, 0.25) is 5.02 Å². The average Bonchev–Trinajstić information content (AvgIpc) is 2.39. The second kappa shape index (κ2) is 5.51. The molecule has 0 aromatic heterocycles. The quantitative estimate of drug-likeness (QED) is 0.865. The Morgan fingerprint density at radius 3 is 2.95 bits per heavy atom. The lowest BCUT2D eigenvalue weighted by molar-refractivity contribution is -0.0259. The fourth-order valence-electron chi connectivity index (χ4n) is 3.35. The molecule has 1 aromatic rings. The van der Waals surface area contributed by atoms with Crippen LogP contribution in [0.1, 0.15) is 37.8 Å². The Morgan fingerprint density at radius 2 is 2.20 bits per heavy atom. The molecule has 0 bridgehead atoms. The molecule has 20 heavy (non-hydrogen) atoms. The molecule has 110 valence electrons. The monoisotopic (exact) mass is 299 g/mol. The van der Waals surface area contributed by atoms with Crippen LogP contribution in [0.4, 0.5) is 4.39 Å².